The summed E-state index contributed by atoms with van der Waals surface area (Å²) in [6.07, 6.45) is 15.2. The maximum atomic E-state index is 12.6. The maximum Gasteiger partial charge on any atom is 0.273 e. The molecule has 47 heavy (non-hydrogen) atoms. The highest BCUT2D eigenvalue weighted by atomic mass is 32.2. The van der Waals surface area contributed by atoms with Gasteiger partial charge in [0.2, 0.25) is 11.8 Å². The van der Waals surface area contributed by atoms with Crippen molar-refractivity contribution in [1.29, 1.82) is 0 Å². The van der Waals surface area contributed by atoms with Crippen LogP contribution in [0.4, 0.5) is 0 Å². The second-order valence-electron chi connectivity index (χ2n) is 11.8. The lowest BCUT2D eigenvalue weighted by Gasteiger charge is -2.12. The van der Waals surface area contributed by atoms with E-state index in [2.05, 4.69) is 35.6 Å². The number of phenolic OH excluding ortho intramolecular Hbond substituents is 2. The van der Waals surface area contributed by atoms with Gasteiger partial charge in [0, 0.05) is 24.3 Å². The smallest absolute Gasteiger partial charge is 0.273 e. The molecule has 4 amide bonds. The molecule has 0 radical (unpaired) electrons. The van der Waals surface area contributed by atoms with Gasteiger partial charge in [-0.15, -0.1) is 0 Å². The van der Waals surface area contributed by atoms with Crippen LogP contribution in [0.15, 0.2) is 36.4 Å². The van der Waals surface area contributed by atoms with Crippen molar-refractivity contribution in [2.45, 2.75) is 117 Å². The number of amides is 4. The van der Waals surface area contributed by atoms with Gasteiger partial charge in [-0.25, -0.2) is 0 Å². The van der Waals surface area contributed by atoms with E-state index in [9.17, 15) is 29.4 Å². The molecule has 2 rings (SSSR count). The van der Waals surface area contributed by atoms with Crippen molar-refractivity contribution in [3.63, 3.8) is 0 Å². The minimum atomic E-state index is -0.593. The molecule has 0 bridgehead atoms. The van der Waals surface area contributed by atoms with E-state index in [-0.39, 0.29) is 35.5 Å². The van der Waals surface area contributed by atoms with Crippen LogP contribution in [0.5, 0.6) is 11.5 Å². The van der Waals surface area contributed by atoms with Crippen molar-refractivity contribution in [2.24, 2.45) is 0 Å². The van der Waals surface area contributed by atoms with Crippen LogP contribution < -0.4 is 21.7 Å². The lowest BCUT2D eigenvalue weighted by atomic mass is 10.0. The molecule has 0 heterocycles. The zero-order chi connectivity index (χ0) is 34.3. The Kier molecular flexibility index (Phi) is 19.8. The molecule has 0 aliphatic rings. The second kappa shape index (κ2) is 23.6. The first kappa shape index (κ1) is 39.4. The van der Waals surface area contributed by atoms with E-state index in [1.54, 1.807) is 12.1 Å². The number of nitrogens with one attached hydrogen (secondary N) is 4. The summed E-state index contributed by atoms with van der Waals surface area (Å²) in [6.45, 7) is 4.36. The van der Waals surface area contributed by atoms with Crippen LogP contribution in [0, 0.1) is 0 Å². The number of rotatable bonds is 22. The third kappa shape index (κ3) is 15.6. The average molecular weight is 671 g/mol. The summed E-state index contributed by atoms with van der Waals surface area (Å²) < 4.78 is 0. The van der Waals surface area contributed by atoms with Crippen molar-refractivity contribution in [2.75, 3.05) is 11.5 Å². The molecule has 0 fully saturated rings. The number of carbonyl (C=O) groups is 4. The van der Waals surface area contributed by atoms with Gasteiger partial charge in [-0.05, 0) is 48.9 Å². The van der Waals surface area contributed by atoms with Crippen molar-refractivity contribution < 1.29 is 29.4 Å². The van der Waals surface area contributed by atoms with E-state index in [4.69, 9.17) is 0 Å². The van der Waals surface area contributed by atoms with E-state index in [1.807, 2.05) is 12.1 Å². The lowest BCUT2D eigenvalue weighted by molar-refractivity contribution is -0.122. The molecular formula is C36H54N4O6S. The molecule has 0 spiro atoms. The van der Waals surface area contributed by atoms with Crippen molar-refractivity contribution >= 4 is 35.4 Å². The topological polar surface area (TPSA) is 157 Å². The molecule has 260 valence electrons. The first-order valence-electron chi connectivity index (χ1n) is 17.2. The van der Waals surface area contributed by atoms with Gasteiger partial charge in [0.25, 0.3) is 11.8 Å². The van der Waals surface area contributed by atoms with E-state index < -0.39 is 23.6 Å². The Morgan fingerprint density at radius 1 is 0.553 bits per heavy atom. The summed E-state index contributed by atoms with van der Waals surface area (Å²) in [7, 11) is 0. The molecule has 0 saturated carbocycles. The fraction of sp³-hybridized carbons (Fsp3) is 0.556. The van der Waals surface area contributed by atoms with Crippen molar-refractivity contribution in [1.82, 2.24) is 21.7 Å². The molecule has 0 aliphatic carbocycles. The number of hydrazine groups is 2. The van der Waals surface area contributed by atoms with Gasteiger partial charge in [0.1, 0.15) is 11.5 Å². The van der Waals surface area contributed by atoms with Crippen LogP contribution in [0.3, 0.4) is 0 Å². The number of para-hydroxylation sites is 2. The molecule has 0 unspecified atom stereocenters. The van der Waals surface area contributed by atoms with Crippen LogP contribution in [-0.2, 0) is 22.4 Å². The zero-order valence-corrected chi connectivity index (χ0v) is 28.9. The van der Waals surface area contributed by atoms with Gasteiger partial charge in [-0.3, -0.25) is 40.9 Å². The maximum absolute atomic E-state index is 12.6. The number of hydrogen-bond donors (Lipinski definition) is 6. The minimum Gasteiger partial charge on any atom is -0.507 e. The Balaban J connectivity index is 1.62. The van der Waals surface area contributed by atoms with Crippen LogP contribution >= 0.6 is 11.8 Å². The third-order valence-electron chi connectivity index (χ3n) is 7.91. The number of carbonyl (C=O) groups excluding carboxylic acids is 4. The fourth-order valence-corrected chi connectivity index (χ4v) is 5.95. The summed E-state index contributed by atoms with van der Waals surface area (Å²) in [5.41, 5.74) is 11.1. The summed E-state index contributed by atoms with van der Waals surface area (Å²) in [5, 5.41) is 21.1. The number of benzene rings is 2. The standard InChI is InChI=1S/C36H54N4O6S/c1-3-5-7-9-11-13-17-27-19-15-21-29(33(27)43)35(45)39-37-31(41)23-25-47-26-24-32(42)38-40-36(46)30-22-16-20-28(34(30)44)18-14-12-10-8-6-4-2/h15-16,19-22,43-44H,3-14,17-18,23-26H2,1-2H3,(H,37,41)(H,38,42)(H,39,45)(H,40,46). The number of aromatic hydroxyl groups is 2. The summed E-state index contributed by atoms with van der Waals surface area (Å²) >= 11 is 1.38. The monoisotopic (exact) mass is 670 g/mol. The van der Waals surface area contributed by atoms with E-state index in [0.29, 0.717) is 35.5 Å². The van der Waals surface area contributed by atoms with Crippen LogP contribution in [-0.4, -0.2) is 45.3 Å². The van der Waals surface area contributed by atoms with Crippen molar-refractivity contribution in [3.05, 3.63) is 58.7 Å². The van der Waals surface area contributed by atoms with E-state index in [0.717, 1.165) is 38.5 Å². The highest BCUT2D eigenvalue weighted by molar-refractivity contribution is 7.99. The largest absolute Gasteiger partial charge is 0.507 e. The fourth-order valence-electron chi connectivity index (χ4n) is 5.09. The number of thioether (sulfide) groups is 1. The van der Waals surface area contributed by atoms with E-state index in [1.165, 1.54) is 62.4 Å². The molecule has 11 heteroatoms. The quantitative estimate of drug-likeness (QED) is 0.0606. The van der Waals surface area contributed by atoms with Crippen LogP contribution in [0.1, 0.15) is 136 Å². The number of phenols is 2. The molecule has 2 aromatic rings. The predicted octanol–water partition coefficient (Wildman–Crippen LogP) is 6.64. The molecule has 0 aromatic heterocycles. The molecule has 6 N–H and O–H groups in total. The minimum absolute atomic E-state index is 0.0633. The molecule has 10 nitrogen and oxygen atoms in total. The van der Waals surface area contributed by atoms with Gasteiger partial charge in [0.15, 0.2) is 0 Å². The third-order valence-corrected chi connectivity index (χ3v) is 8.89. The number of unbranched alkanes of at least 4 members (excludes halogenated alkanes) is 10. The Labute approximate surface area is 284 Å². The van der Waals surface area contributed by atoms with Gasteiger partial charge in [-0.1, -0.05) is 102 Å². The van der Waals surface area contributed by atoms with Gasteiger partial charge >= 0.3 is 0 Å². The second-order valence-corrected chi connectivity index (χ2v) is 13.0. The van der Waals surface area contributed by atoms with Gasteiger partial charge in [-0.2, -0.15) is 11.8 Å². The summed E-state index contributed by atoms with van der Waals surface area (Å²) in [5.74, 6) is -1.28. The Bertz CT molecular complexity index is 1180. The average Bonchev–Trinajstić information content (AvgIpc) is 3.06. The molecule has 0 atom stereocenters. The SMILES string of the molecule is CCCCCCCCc1cccc(C(=O)NNC(=O)CCSCCC(=O)NNC(=O)c2cccc(CCCCCCCC)c2O)c1O. The molecular weight excluding hydrogens is 616 g/mol. The normalized spacial score (nSPS) is 10.8. The molecule has 2 aromatic carbocycles. The lowest BCUT2D eigenvalue weighted by Crippen LogP contribution is -2.42. The van der Waals surface area contributed by atoms with Gasteiger partial charge < -0.3 is 10.2 Å². The number of aryl methyl sites for hydroxylation is 2. The number of hydrogen-bond acceptors (Lipinski definition) is 7. The first-order chi connectivity index (χ1) is 22.8. The Hall–Kier alpha value is -3.73. The van der Waals surface area contributed by atoms with Crippen molar-refractivity contribution in [3.8, 4) is 11.5 Å². The summed E-state index contributed by atoms with van der Waals surface area (Å²) in [6, 6.07) is 10.1. The predicted molar refractivity (Wildman–Crippen MR) is 188 cm³/mol. The van der Waals surface area contributed by atoms with Crippen LogP contribution in [0.2, 0.25) is 0 Å². The van der Waals surface area contributed by atoms with Gasteiger partial charge in [0.05, 0.1) is 11.1 Å². The summed E-state index contributed by atoms with van der Waals surface area (Å²) in [4.78, 5) is 49.5. The Morgan fingerprint density at radius 3 is 1.34 bits per heavy atom. The highest BCUT2D eigenvalue weighted by Crippen LogP contribution is 2.25. The zero-order valence-electron chi connectivity index (χ0n) is 28.1. The highest BCUT2D eigenvalue weighted by Gasteiger charge is 2.16. The molecule has 0 aliphatic heterocycles. The molecule has 0 saturated heterocycles. The first-order valence-corrected chi connectivity index (χ1v) is 18.3. The van der Waals surface area contributed by atoms with Crippen LogP contribution in [0.25, 0.3) is 0 Å². The van der Waals surface area contributed by atoms with E-state index >= 15 is 0 Å². The Morgan fingerprint density at radius 2 is 0.936 bits per heavy atom.